The van der Waals surface area contributed by atoms with Crippen LogP contribution in [0.5, 0.6) is 0 Å². The molecule has 2 unspecified atom stereocenters. The monoisotopic (exact) mass is 562 g/mol. The number of halogens is 1. The quantitative estimate of drug-likeness (QED) is 0.197. The molecule has 0 aromatic heterocycles. The SMILES string of the molecule is CO[C@H]1[C@H](O)[C@@H](CN2C(=O)CC(=O)N(C[C@H]3OC(O)[C@H](O)[C@@H](OC)[C@@H]3O)c3cc(Cl)ccc32)OC(O)[C@@H]1O. The van der Waals surface area contributed by atoms with Crippen molar-refractivity contribution in [2.45, 2.75) is 67.8 Å². The number of aliphatic hydroxyl groups excluding tert-OH is 6. The van der Waals surface area contributed by atoms with E-state index in [0.717, 1.165) is 0 Å². The Morgan fingerprint density at radius 2 is 1.24 bits per heavy atom. The number of amides is 2. The first-order valence-corrected chi connectivity index (χ1v) is 12.2. The van der Waals surface area contributed by atoms with Gasteiger partial charge in [0.05, 0.1) is 24.5 Å². The van der Waals surface area contributed by atoms with Crippen molar-refractivity contribution < 1.29 is 59.2 Å². The van der Waals surface area contributed by atoms with Crippen LogP contribution in [-0.4, -0.2) is 131 Å². The van der Waals surface area contributed by atoms with Crippen LogP contribution in [0.2, 0.25) is 5.02 Å². The molecular formula is C23H31ClN2O12. The van der Waals surface area contributed by atoms with Crippen molar-refractivity contribution in [3.63, 3.8) is 0 Å². The summed E-state index contributed by atoms with van der Waals surface area (Å²) in [5.74, 6) is -1.34. The lowest BCUT2D eigenvalue weighted by Gasteiger charge is -2.42. The van der Waals surface area contributed by atoms with Crippen LogP contribution in [-0.2, 0) is 28.5 Å². The molecule has 15 heteroatoms. The Balaban J connectivity index is 1.66. The molecule has 10 atom stereocenters. The molecule has 6 N–H and O–H groups in total. The molecule has 2 saturated heterocycles. The van der Waals surface area contributed by atoms with Gasteiger partial charge in [-0.15, -0.1) is 0 Å². The minimum Gasteiger partial charge on any atom is -0.388 e. The normalized spacial score (nSPS) is 38.2. The van der Waals surface area contributed by atoms with Crippen LogP contribution in [0, 0.1) is 0 Å². The molecule has 0 radical (unpaired) electrons. The minimum absolute atomic E-state index is 0.160. The topological polar surface area (TPSA) is 199 Å². The van der Waals surface area contributed by atoms with Crippen molar-refractivity contribution in [2.24, 2.45) is 0 Å². The number of aliphatic hydroxyl groups is 6. The number of carbonyl (C=O) groups excluding carboxylic acids is 2. The average Bonchev–Trinajstić information content (AvgIpc) is 2.96. The number of anilines is 2. The lowest BCUT2D eigenvalue weighted by Crippen LogP contribution is -2.61. The lowest BCUT2D eigenvalue weighted by atomic mass is 9.97. The maximum atomic E-state index is 13.3. The highest BCUT2D eigenvalue weighted by atomic mass is 35.5. The second-order valence-electron chi connectivity index (χ2n) is 9.31. The number of hydrogen-bond acceptors (Lipinski definition) is 12. The maximum absolute atomic E-state index is 13.3. The Kier molecular flexibility index (Phi) is 8.91. The number of benzene rings is 1. The van der Waals surface area contributed by atoms with E-state index in [1.165, 1.54) is 42.2 Å². The summed E-state index contributed by atoms with van der Waals surface area (Å²) in [6.07, 6.45) is -14.8. The van der Waals surface area contributed by atoms with E-state index < -0.39 is 79.6 Å². The average molecular weight is 563 g/mol. The second kappa shape index (κ2) is 11.7. The van der Waals surface area contributed by atoms with Gasteiger partial charge in [-0.3, -0.25) is 9.59 Å². The molecule has 2 amide bonds. The summed E-state index contributed by atoms with van der Waals surface area (Å²) in [4.78, 5) is 28.8. The molecule has 212 valence electrons. The van der Waals surface area contributed by atoms with E-state index in [1.54, 1.807) is 0 Å². The molecule has 0 spiro atoms. The summed E-state index contributed by atoms with van der Waals surface area (Å²) in [5.41, 5.74) is 0.359. The molecule has 0 saturated carbocycles. The van der Waals surface area contributed by atoms with Crippen LogP contribution < -0.4 is 9.80 Å². The Morgan fingerprint density at radius 3 is 1.68 bits per heavy atom. The summed E-state index contributed by atoms with van der Waals surface area (Å²) < 4.78 is 20.9. The van der Waals surface area contributed by atoms with E-state index in [2.05, 4.69) is 0 Å². The molecule has 0 aliphatic carbocycles. The lowest BCUT2D eigenvalue weighted by molar-refractivity contribution is -0.283. The molecule has 4 rings (SSSR count). The third-order valence-electron chi connectivity index (χ3n) is 7.01. The zero-order chi connectivity index (χ0) is 27.9. The van der Waals surface area contributed by atoms with Gasteiger partial charge in [0.1, 0.15) is 55.3 Å². The summed E-state index contributed by atoms with van der Waals surface area (Å²) >= 11 is 6.22. The van der Waals surface area contributed by atoms with Crippen LogP contribution in [0.1, 0.15) is 6.42 Å². The molecule has 0 bridgehead atoms. The van der Waals surface area contributed by atoms with Crippen molar-refractivity contribution in [2.75, 3.05) is 37.1 Å². The third-order valence-corrected chi connectivity index (χ3v) is 7.25. The number of rotatable bonds is 6. The summed E-state index contributed by atoms with van der Waals surface area (Å²) in [6, 6.07) is 4.38. The summed E-state index contributed by atoms with van der Waals surface area (Å²) in [5, 5.41) is 61.9. The van der Waals surface area contributed by atoms with Gasteiger partial charge in [0, 0.05) is 19.2 Å². The summed E-state index contributed by atoms with van der Waals surface area (Å²) in [6.45, 7) is -0.657. The fraction of sp³-hybridized carbons (Fsp3) is 0.652. The minimum atomic E-state index is -1.70. The van der Waals surface area contributed by atoms with Gasteiger partial charge in [-0.05, 0) is 18.2 Å². The van der Waals surface area contributed by atoms with Crippen LogP contribution in [0.25, 0.3) is 0 Å². The van der Waals surface area contributed by atoms with Crippen LogP contribution in [0.3, 0.4) is 0 Å². The maximum Gasteiger partial charge on any atom is 0.236 e. The van der Waals surface area contributed by atoms with Crippen molar-refractivity contribution >= 4 is 34.8 Å². The van der Waals surface area contributed by atoms with Crippen molar-refractivity contribution in [3.05, 3.63) is 23.2 Å². The van der Waals surface area contributed by atoms with Gasteiger partial charge < -0.3 is 59.4 Å². The van der Waals surface area contributed by atoms with Crippen molar-refractivity contribution in [3.8, 4) is 0 Å². The third kappa shape index (κ3) is 5.39. The van der Waals surface area contributed by atoms with Crippen LogP contribution in [0.15, 0.2) is 18.2 Å². The first kappa shape index (κ1) is 29.0. The van der Waals surface area contributed by atoms with Gasteiger partial charge in [-0.2, -0.15) is 0 Å². The number of nitrogens with zero attached hydrogens (tertiary/aromatic N) is 2. The Labute approximate surface area is 222 Å². The Morgan fingerprint density at radius 1 is 0.789 bits per heavy atom. The number of methoxy groups -OCH3 is 2. The van der Waals surface area contributed by atoms with Crippen LogP contribution in [0.4, 0.5) is 11.4 Å². The van der Waals surface area contributed by atoms with E-state index in [-0.39, 0.29) is 29.5 Å². The molecular weight excluding hydrogens is 532 g/mol. The van der Waals surface area contributed by atoms with E-state index in [4.69, 9.17) is 30.5 Å². The van der Waals surface area contributed by atoms with E-state index >= 15 is 0 Å². The largest absolute Gasteiger partial charge is 0.388 e. The van der Waals surface area contributed by atoms with Gasteiger partial charge in [-0.25, -0.2) is 0 Å². The molecule has 1 aromatic rings. The van der Waals surface area contributed by atoms with E-state index in [1.807, 2.05) is 0 Å². The van der Waals surface area contributed by atoms with Crippen molar-refractivity contribution in [1.29, 1.82) is 0 Å². The van der Waals surface area contributed by atoms with Gasteiger partial charge >= 0.3 is 0 Å². The predicted molar refractivity (Wildman–Crippen MR) is 128 cm³/mol. The number of hydrogen-bond donors (Lipinski definition) is 6. The first-order chi connectivity index (χ1) is 18.0. The number of carbonyl (C=O) groups is 2. The molecule has 2 fully saturated rings. The second-order valence-corrected chi connectivity index (χ2v) is 9.75. The highest BCUT2D eigenvalue weighted by Crippen LogP contribution is 2.38. The fourth-order valence-electron chi connectivity index (χ4n) is 4.98. The number of ether oxygens (including phenoxy) is 4. The summed E-state index contributed by atoms with van der Waals surface area (Å²) in [7, 11) is 2.48. The smallest absolute Gasteiger partial charge is 0.236 e. The van der Waals surface area contributed by atoms with Gasteiger partial charge in [-0.1, -0.05) is 11.6 Å². The van der Waals surface area contributed by atoms with Crippen molar-refractivity contribution in [1.82, 2.24) is 0 Å². The number of fused-ring (bicyclic) bond motifs is 1. The van der Waals surface area contributed by atoms with E-state index in [9.17, 15) is 40.2 Å². The molecule has 3 aliphatic rings. The standard InChI is InChI=1S/C23H31ClN2O12/c1-35-20-16(29)12(37-22(33)18(20)31)7-25-10-4-3-9(24)5-11(10)26(15(28)6-14(25)27)8-13-17(30)21(36-2)19(32)23(34)38-13/h3-5,12-13,16-23,29-34H,6-8H2,1-2H3/t12-,13-,16-,17-,18-,19-,20+,21+,22?,23?/m1/s1. The molecule has 3 aliphatic heterocycles. The molecule has 3 heterocycles. The van der Waals surface area contributed by atoms with Gasteiger partial charge in [0.2, 0.25) is 11.8 Å². The van der Waals surface area contributed by atoms with Gasteiger partial charge in [0.15, 0.2) is 12.6 Å². The van der Waals surface area contributed by atoms with Gasteiger partial charge in [0.25, 0.3) is 0 Å². The van der Waals surface area contributed by atoms with E-state index in [0.29, 0.717) is 0 Å². The highest BCUT2D eigenvalue weighted by molar-refractivity contribution is 6.31. The highest BCUT2D eigenvalue weighted by Gasteiger charge is 2.48. The Hall–Kier alpha value is -1.95. The molecule has 38 heavy (non-hydrogen) atoms. The first-order valence-electron chi connectivity index (χ1n) is 11.8. The Bertz CT molecular complexity index is 1030. The zero-order valence-corrected chi connectivity index (χ0v) is 21.3. The fourth-order valence-corrected chi connectivity index (χ4v) is 5.15. The molecule has 14 nitrogen and oxygen atoms in total. The molecule has 1 aromatic carbocycles. The van der Waals surface area contributed by atoms with Crippen LogP contribution >= 0.6 is 11.6 Å². The predicted octanol–water partition coefficient (Wildman–Crippen LogP) is -2.68. The zero-order valence-electron chi connectivity index (χ0n) is 20.5.